The van der Waals surface area contributed by atoms with Gasteiger partial charge in [0.2, 0.25) is 5.91 Å². The van der Waals surface area contributed by atoms with Gasteiger partial charge in [-0.15, -0.1) is 0 Å². The normalized spacial score (nSPS) is 8.93. The SMILES string of the molecule is CCOC(=O)CNC(=O)NCC(=O)NC. The number of rotatable bonds is 5. The number of carbonyl (C=O) groups excluding carboxylic acids is 3. The molecule has 86 valence electrons. The Morgan fingerprint density at radius 3 is 2.27 bits per heavy atom. The summed E-state index contributed by atoms with van der Waals surface area (Å²) in [5.41, 5.74) is 0. The van der Waals surface area contributed by atoms with Crippen LogP contribution < -0.4 is 16.0 Å². The highest BCUT2D eigenvalue weighted by Gasteiger charge is 2.06. The lowest BCUT2D eigenvalue weighted by atomic mass is 10.6. The first-order chi connectivity index (χ1) is 7.10. The topological polar surface area (TPSA) is 96.5 Å². The molecule has 0 saturated carbocycles. The van der Waals surface area contributed by atoms with Crippen LogP contribution in [0.25, 0.3) is 0 Å². The molecule has 0 bridgehead atoms. The summed E-state index contributed by atoms with van der Waals surface area (Å²) in [4.78, 5) is 32.5. The lowest BCUT2D eigenvalue weighted by molar-refractivity contribution is -0.141. The molecule has 3 amide bonds. The molecule has 0 saturated heterocycles. The predicted octanol–water partition coefficient (Wildman–Crippen LogP) is -1.41. The molecule has 0 rings (SSSR count). The molecule has 0 aliphatic rings. The fourth-order valence-electron chi connectivity index (χ4n) is 0.676. The van der Waals surface area contributed by atoms with E-state index in [1.54, 1.807) is 6.92 Å². The minimum Gasteiger partial charge on any atom is -0.465 e. The van der Waals surface area contributed by atoms with Crippen molar-refractivity contribution in [3.05, 3.63) is 0 Å². The summed E-state index contributed by atoms with van der Waals surface area (Å²) in [5.74, 6) is -0.839. The quantitative estimate of drug-likeness (QED) is 0.493. The van der Waals surface area contributed by atoms with Crippen molar-refractivity contribution in [2.24, 2.45) is 0 Å². The summed E-state index contributed by atoms with van der Waals surface area (Å²) in [7, 11) is 1.46. The van der Waals surface area contributed by atoms with Crippen LogP contribution in [0.1, 0.15) is 6.92 Å². The first-order valence-corrected chi connectivity index (χ1v) is 4.48. The summed E-state index contributed by atoms with van der Waals surface area (Å²) in [6, 6.07) is -0.591. The van der Waals surface area contributed by atoms with Crippen LogP contribution >= 0.6 is 0 Å². The molecule has 0 aromatic heterocycles. The van der Waals surface area contributed by atoms with E-state index in [0.29, 0.717) is 0 Å². The van der Waals surface area contributed by atoms with Crippen LogP contribution in [0.4, 0.5) is 4.79 Å². The minimum absolute atomic E-state index is 0.134. The molecular weight excluding hydrogens is 202 g/mol. The van der Waals surface area contributed by atoms with E-state index < -0.39 is 12.0 Å². The van der Waals surface area contributed by atoms with Crippen molar-refractivity contribution in [3.8, 4) is 0 Å². The van der Waals surface area contributed by atoms with Gasteiger partial charge < -0.3 is 20.7 Å². The lowest BCUT2D eigenvalue weighted by Crippen LogP contribution is -2.43. The molecule has 0 spiro atoms. The Kier molecular flexibility index (Phi) is 6.69. The highest BCUT2D eigenvalue weighted by molar-refractivity contribution is 5.85. The van der Waals surface area contributed by atoms with Gasteiger partial charge in [0.1, 0.15) is 6.54 Å². The van der Waals surface area contributed by atoms with Crippen LogP contribution in [0.15, 0.2) is 0 Å². The van der Waals surface area contributed by atoms with Crippen LogP contribution in [-0.4, -0.2) is 44.7 Å². The molecule has 7 heteroatoms. The first-order valence-electron chi connectivity index (χ1n) is 4.48. The highest BCUT2D eigenvalue weighted by Crippen LogP contribution is 1.75. The van der Waals surface area contributed by atoms with Crippen molar-refractivity contribution in [3.63, 3.8) is 0 Å². The standard InChI is InChI=1S/C8H15N3O4/c1-3-15-7(13)5-11-8(14)10-4-6(12)9-2/h3-5H2,1-2H3,(H,9,12)(H2,10,11,14). The Bertz CT molecular complexity index is 242. The number of urea groups is 1. The Balaban J connectivity index is 3.57. The molecule has 0 aromatic rings. The van der Waals surface area contributed by atoms with E-state index in [1.807, 2.05) is 0 Å². The summed E-state index contributed by atoms with van der Waals surface area (Å²) in [6.45, 7) is 1.59. The number of amides is 3. The minimum atomic E-state index is -0.591. The van der Waals surface area contributed by atoms with Gasteiger partial charge in [0.05, 0.1) is 13.2 Å². The number of likely N-dealkylation sites (N-methyl/N-ethyl adjacent to an activating group) is 1. The monoisotopic (exact) mass is 217 g/mol. The summed E-state index contributed by atoms with van der Waals surface area (Å²) < 4.78 is 4.58. The van der Waals surface area contributed by atoms with Gasteiger partial charge in [-0.2, -0.15) is 0 Å². The van der Waals surface area contributed by atoms with Gasteiger partial charge in [-0.3, -0.25) is 9.59 Å². The van der Waals surface area contributed by atoms with Crippen molar-refractivity contribution in [2.45, 2.75) is 6.92 Å². The van der Waals surface area contributed by atoms with Gasteiger partial charge in [-0.1, -0.05) is 0 Å². The molecule has 0 heterocycles. The second kappa shape index (κ2) is 7.60. The van der Waals surface area contributed by atoms with E-state index in [4.69, 9.17) is 0 Å². The first kappa shape index (κ1) is 13.2. The summed E-state index contributed by atoms with van der Waals surface area (Å²) in [6.07, 6.45) is 0. The lowest BCUT2D eigenvalue weighted by Gasteiger charge is -2.06. The molecule has 0 radical (unpaired) electrons. The van der Waals surface area contributed by atoms with Gasteiger partial charge in [0, 0.05) is 7.05 Å². The average molecular weight is 217 g/mol. The number of carbonyl (C=O) groups is 3. The van der Waals surface area contributed by atoms with Crippen molar-refractivity contribution in [1.82, 2.24) is 16.0 Å². The van der Waals surface area contributed by atoms with Crippen LogP contribution in [0.3, 0.4) is 0 Å². The Morgan fingerprint density at radius 2 is 1.73 bits per heavy atom. The van der Waals surface area contributed by atoms with Crippen LogP contribution in [0.2, 0.25) is 0 Å². The van der Waals surface area contributed by atoms with E-state index in [0.717, 1.165) is 0 Å². The fourth-order valence-corrected chi connectivity index (χ4v) is 0.676. The second-order valence-electron chi connectivity index (χ2n) is 2.51. The predicted molar refractivity (Wildman–Crippen MR) is 52.1 cm³/mol. The van der Waals surface area contributed by atoms with Crippen LogP contribution in [-0.2, 0) is 14.3 Å². The molecule has 0 fully saturated rings. The zero-order valence-corrected chi connectivity index (χ0v) is 8.75. The fraction of sp³-hybridized carbons (Fsp3) is 0.625. The molecule has 3 N–H and O–H groups in total. The van der Waals surface area contributed by atoms with Crippen molar-refractivity contribution >= 4 is 17.9 Å². The maximum atomic E-state index is 11.0. The van der Waals surface area contributed by atoms with Gasteiger partial charge in [0.25, 0.3) is 0 Å². The molecule has 7 nitrogen and oxygen atoms in total. The molecule has 0 aliphatic carbocycles. The largest absolute Gasteiger partial charge is 0.465 e. The van der Waals surface area contributed by atoms with Crippen LogP contribution in [0, 0.1) is 0 Å². The maximum Gasteiger partial charge on any atom is 0.325 e. The number of ether oxygens (including phenoxy) is 1. The Morgan fingerprint density at radius 1 is 1.13 bits per heavy atom. The molecule has 0 atom stereocenters. The van der Waals surface area contributed by atoms with E-state index in [9.17, 15) is 14.4 Å². The van der Waals surface area contributed by atoms with Gasteiger partial charge in [0.15, 0.2) is 0 Å². The van der Waals surface area contributed by atoms with E-state index in [2.05, 4.69) is 20.7 Å². The van der Waals surface area contributed by atoms with E-state index in [1.165, 1.54) is 7.05 Å². The number of hydrogen-bond acceptors (Lipinski definition) is 4. The Hall–Kier alpha value is -1.79. The smallest absolute Gasteiger partial charge is 0.325 e. The van der Waals surface area contributed by atoms with E-state index in [-0.39, 0.29) is 25.6 Å². The molecular formula is C8H15N3O4. The summed E-state index contributed by atoms with van der Waals surface area (Å²) in [5, 5.41) is 6.84. The third kappa shape index (κ3) is 7.29. The molecule has 0 unspecified atom stereocenters. The Labute approximate surface area is 87.5 Å². The third-order valence-corrected chi connectivity index (χ3v) is 1.39. The zero-order valence-electron chi connectivity index (χ0n) is 8.75. The van der Waals surface area contributed by atoms with Crippen molar-refractivity contribution < 1.29 is 19.1 Å². The molecule has 15 heavy (non-hydrogen) atoms. The average Bonchev–Trinajstić information content (AvgIpc) is 2.23. The van der Waals surface area contributed by atoms with Crippen molar-refractivity contribution in [2.75, 3.05) is 26.7 Å². The van der Waals surface area contributed by atoms with Crippen molar-refractivity contribution in [1.29, 1.82) is 0 Å². The number of esters is 1. The van der Waals surface area contributed by atoms with Gasteiger partial charge in [-0.05, 0) is 6.92 Å². The maximum absolute atomic E-state index is 11.0. The van der Waals surface area contributed by atoms with Gasteiger partial charge in [-0.25, -0.2) is 4.79 Å². The van der Waals surface area contributed by atoms with Gasteiger partial charge >= 0.3 is 12.0 Å². The number of nitrogens with one attached hydrogen (secondary N) is 3. The van der Waals surface area contributed by atoms with Crippen LogP contribution in [0.5, 0.6) is 0 Å². The van der Waals surface area contributed by atoms with E-state index >= 15 is 0 Å². The number of hydrogen-bond donors (Lipinski definition) is 3. The third-order valence-electron chi connectivity index (χ3n) is 1.39. The zero-order chi connectivity index (χ0) is 11.7. The summed E-state index contributed by atoms with van der Waals surface area (Å²) >= 11 is 0. The molecule has 0 aromatic carbocycles. The highest BCUT2D eigenvalue weighted by atomic mass is 16.5. The second-order valence-corrected chi connectivity index (χ2v) is 2.51. The molecule has 0 aliphatic heterocycles.